The molecule has 0 bridgehead atoms. The predicted octanol–water partition coefficient (Wildman–Crippen LogP) is 5.39. The molecule has 1 aliphatic heterocycles. The number of Topliss-reactive ketones (excluding diaryl/α,β-unsaturated/α-hetero) is 1. The van der Waals surface area contributed by atoms with Crippen LogP contribution in [-0.2, 0) is 5.41 Å². The number of amidine groups is 1. The van der Waals surface area contributed by atoms with Crippen molar-refractivity contribution in [3.8, 4) is 5.75 Å². The molecule has 1 saturated carbocycles. The van der Waals surface area contributed by atoms with E-state index in [0.29, 0.717) is 0 Å². The minimum atomic E-state index is 0.0888. The number of carbonyl (C=O) groups excluding carboxylic acids is 1. The van der Waals surface area contributed by atoms with E-state index in [1.165, 1.54) is 18.4 Å². The fraction of sp³-hybridized carbons (Fsp3) is 0.280. The van der Waals surface area contributed by atoms with E-state index in [2.05, 4.69) is 17.5 Å². The molecule has 1 aliphatic carbocycles. The van der Waals surface area contributed by atoms with Gasteiger partial charge in [-0.3, -0.25) is 4.79 Å². The van der Waals surface area contributed by atoms with Crippen LogP contribution in [0.3, 0.4) is 0 Å². The maximum atomic E-state index is 11.9. The van der Waals surface area contributed by atoms with Gasteiger partial charge in [-0.15, -0.1) is 0 Å². The Hall–Kier alpha value is -3.14. The first-order valence-electron chi connectivity index (χ1n) is 9.92. The third-order valence-corrected chi connectivity index (χ3v) is 5.98. The summed E-state index contributed by atoms with van der Waals surface area (Å²) in [5.41, 5.74) is 5.39. The number of aliphatic imine (C=N–C) groups is 1. The zero-order valence-corrected chi connectivity index (χ0v) is 17.2. The van der Waals surface area contributed by atoms with E-state index in [0.717, 1.165) is 40.5 Å². The minimum Gasteiger partial charge on any atom is -0.497 e. The number of nitrogens with zero attached hydrogens (tertiary/aromatic N) is 2. The van der Waals surface area contributed by atoms with E-state index in [9.17, 15) is 4.79 Å². The van der Waals surface area contributed by atoms with Gasteiger partial charge in [0.15, 0.2) is 5.78 Å². The van der Waals surface area contributed by atoms with Crippen LogP contribution in [0.5, 0.6) is 5.75 Å². The van der Waals surface area contributed by atoms with Gasteiger partial charge in [-0.2, -0.15) is 0 Å². The molecule has 1 heterocycles. The van der Waals surface area contributed by atoms with Crippen LogP contribution in [0, 0.1) is 0 Å². The van der Waals surface area contributed by atoms with E-state index < -0.39 is 0 Å². The van der Waals surface area contributed by atoms with E-state index in [-0.39, 0.29) is 11.2 Å². The van der Waals surface area contributed by atoms with Crippen LogP contribution < -0.4 is 9.64 Å². The van der Waals surface area contributed by atoms with Gasteiger partial charge >= 0.3 is 0 Å². The van der Waals surface area contributed by atoms with Gasteiger partial charge in [0.2, 0.25) is 0 Å². The highest BCUT2D eigenvalue weighted by atomic mass is 16.5. The van der Waals surface area contributed by atoms with Crippen molar-refractivity contribution in [2.45, 2.75) is 32.1 Å². The monoisotopic (exact) mass is 386 g/mol. The van der Waals surface area contributed by atoms with Crippen LogP contribution in [0.2, 0.25) is 0 Å². The van der Waals surface area contributed by atoms with Crippen molar-refractivity contribution in [1.29, 1.82) is 0 Å². The van der Waals surface area contributed by atoms with Crippen LogP contribution in [-0.4, -0.2) is 25.3 Å². The highest BCUT2D eigenvalue weighted by Crippen LogP contribution is 2.56. The number of methoxy groups -OCH3 is 1. The molecule has 1 spiro atoms. The molecule has 0 amide bonds. The van der Waals surface area contributed by atoms with Crippen molar-refractivity contribution < 1.29 is 9.53 Å². The van der Waals surface area contributed by atoms with Crippen LogP contribution in [0.15, 0.2) is 66.3 Å². The summed E-state index contributed by atoms with van der Waals surface area (Å²) in [5, 5.41) is 0. The summed E-state index contributed by atoms with van der Waals surface area (Å²) < 4.78 is 5.32. The Morgan fingerprint density at radius 3 is 2.62 bits per heavy atom. The molecule has 2 aromatic carbocycles. The number of hydrogen-bond acceptors (Lipinski definition) is 3. The average Bonchev–Trinajstić information content (AvgIpc) is 3.44. The van der Waals surface area contributed by atoms with Crippen molar-refractivity contribution in [2.75, 3.05) is 18.6 Å². The molecule has 0 radical (unpaired) electrons. The molecule has 29 heavy (non-hydrogen) atoms. The molecular weight excluding hydrogens is 360 g/mol. The Kier molecular flexibility index (Phi) is 4.87. The van der Waals surface area contributed by atoms with E-state index in [1.807, 2.05) is 49.5 Å². The second-order valence-corrected chi connectivity index (χ2v) is 7.85. The van der Waals surface area contributed by atoms with Crippen molar-refractivity contribution in [2.24, 2.45) is 4.99 Å². The zero-order valence-electron chi connectivity index (χ0n) is 17.2. The number of benzene rings is 2. The smallest absolute Gasteiger partial charge is 0.159 e. The van der Waals surface area contributed by atoms with Gasteiger partial charge in [-0.25, -0.2) is 4.99 Å². The number of ketones is 1. The molecule has 2 aromatic rings. The molecule has 0 aromatic heterocycles. The topological polar surface area (TPSA) is 41.9 Å². The second-order valence-electron chi connectivity index (χ2n) is 7.85. The van der Waals surface area contributed by atoms with Crippen LogP contribution in [0.25, 0.3) is 5.57 Å². The molecular formula is C25H26N2O2. The normalized spacial score (nSPS) is 17.3. The quantitative estimate of drug-likeness (QED) is 0.299. The van der Waals surface area contributed by atoms with Crippen molar-refractivity contribution >= 4 is 22.9 Å². The van der Waals surface area contributed by atoms with Crippen molar-refractivity contribution in [1.82, 2.24) is 0 Å². The minimum absolute atomic E-state index is 0.0888. The summed E-state index contributed by atoms with van der Waals surface area (Å²) in [6.45, 7) is 8.50. The summed E-state index contributed by atoms with van der Waals surface area (Å²) in [6, 6.07) is 14.0. The number of carbonyl (C=O) groups is 1. The maximum absolute atomic E-state index is 11.9. The summed E-state index contributed by atoms with van der Waals surface area (Å²) >= 11 is 0. The summed E-state index contributed by atoms with van der Waals surface area (Å²) in [6.07, 6.45) is 6.05. The Morgan fingerprint density at radius 1 is 1.17 bits per heavy atom. The molecule has 0 saturated heterocycles. The van der Waals surface area contributed by atoms with Gasteiger partial charge < -0.3 is 9.64 Å². The van der Waals surface area contributed by atoms with Gasteiger partial charge in [0.1, 0.15) is 11.6 Å². The van der Waals surface area contributed by atoms with Gasteiger partial charge in [-0.05, 0) is 61.6 Å². The zero-order chi connectivity index (χ0) is 20.6. The van der Waals surface area contributed by atoms with Gasteiger partial charge in [0.05, 0.1) is 7.11 Å². The van der Waals surface area contributed by atoms with E-state index >= 15 is 0 Å². The number of anilines is 1. The summed E-state index contributed by atoms with van der Waals surface area (Å²) in [4.78, 5) is 18.9. The molecule has 0 N–H and O–H groups in total. The number of hydrogen-bond donors (Lipinski definition) is 0. The number of allylic oxidation sites excluding steroid dienone is 2. The predicted molar refractivity (Wildman–Crippen MR) is 119 cm³/mol. The third-order valence-electron chi connectivity index (χ3n) is 5.98. The Morgan fingerprint density at radius 2 is 1.97 bits per heavy atom. The summed E-state index contributed by atoms with van der Waals surface area (Å²) in [7, 11) is 1.66. The average molecular weight is 386 g/mol. The van der Waals surface area contributed by atoms with Crippen molar-refractivity contribution in [3.63, 3.8) is 0 Å². The molecule has 4 rings (SSSR count). The first-order chi connectivity index (χ1) is 14.0. The lowest BCUT2D eigenvalue weighted by Crippen LogP contribution is -2.29. The maximum Gasteiger partial charge on any atom is 0.159 e. The third kappa shape index (κ3) is 3.51. The summed E-state index contributed by atoms with van der Waals surface area (Å²) in [5.74, 6) is 1.81. The number of fused-ring (bicyclic) bond motifs is 2. The first-order valence-corrected chi connectivity index (χ1v) is 9.92. The molecule has 4 heteroatoms. The molecule has 2 aliphatic rings. The molecule has 148 valence electrons. The van der Waals surface area contributed by atoms with Crippen molar-refractivity contribution in [3.05, 3.63) is 78.0 Å². The van der Waals surface area contributed by atoms with Crippen LogP contribution in [0.4, 0.5) is 5.69 Å². The number of rotatable bonds is 5. The lowest BCUT2D eigenvalue weighted by atomic mass is 9.97. The first kappa shape index (κ1) is 19.2. The highest BCUT2D eigenvalue weighted by molar-refractivity contribution is 6.02. The van der Waals surface area contributed by atoms with Gasteiger partial charge in [-0.1, -0.05) is 36.9 Å². The molecule has 1 fully saturated rings. The number of ether oxygens (including phenoxy) is 1. The molecule has 0 unspecified atom stereocenters. The lowest BCUT2D eigenvalue weighted by Gasteiger charge is -2.19. The molecule has 0 atom stereocenters. The fourth-order valence-electron chi connectivity index (χ4n) is 4.04. The largest absolute Gasteiger partial charge is 0.497 e. The Balaban J connectivity index is 1.67. The van der Waals surface area contributed by atoms with Gasteiger partial charge in [0.25, 0.3) is 0 Å². The SMILES string of the molecule is C=C/C(=C\N=C(C)N1CC2(CC2)c2ccc(C(C)=O)cc21)c1cccc(OC)c1. The second kappa shape index (κ2) is 7.36. The lowest BCUT2D eigenvalue weighted by molar-refractivity contribution is 0.101. The van der Waals surface area contributed by atoms with E-state index in [1.54, 1.807) is 20.1 Å². The highest BCUT2D eigenvalue weighted by Gasteiger charge is 2.52. The van der Waals surface area contributed by atoms with Crippen LogP contribution >= 0.6 is 0 Å². The molecule has 4 nitrogen and oxygen atoms in total. The van der Waals surface area contributed by atoms with E-state index in [4.69, 9.17) is 9.73 Å². The van der Waals surface area contributed by atoms with Gasteiger partial charge in [0, 0.05) is 29.4 Å². The Labute approximate surface area is 172 Å². The van der Waals surface area contributed by atoms with Crippen LogP contribution in [0.1, 0.15) is 48.2 Å². The fourth-order valence-corrected chi connectivity index (χ4v) is 4.04. The standard InChI is InChI=1S/C25H26N2O2/c1-5-19(21-7-6-8-22(13-21)29-4)15-26-18(3)27-16-25(11-12-25)23-10-9-20(17(2)28)14-24(23)27/h5-10,13-15H,1,11-12,16H2,2-4H3/b19-15+,26-18?. The Bertz CT molecular complexity index is 1040.